The summed E-state index contributed by atoms with van der Waals surface area (Å²) in [5.74, 6) is 0.216. The number of hydrogen-bond donors (Lipinski definition) is 2. The highest BCUT2D eigenvalue weighted by Gasteiger charge is 2.23. The normalized spacial score (nSPS) is 10.4. The van der Waals surface area contributed by atoms with Crippen LogP contribution in [0.5, 0.6) is 0 Å². The summed E-state index contributed by atoms with van der Waals surface area (Å²) in [5.41, 5.74) is 3.08. The van der Waals surface area contributed by atoms with E-state index in [1.807, 2.05) is 38.1 Å². The van der Waals surface area contributed by atoms with Gasteiger partial charge in [-0.05, 0) is 49.7 Å². The van der Waals surface area contributed by atoms with Crippen LogP contribution in [0.1, 0.15) is 11.1 Å². The molecule has 0 aliphatic carbocycles. The first-order valence-corrected chi connectivity index (χ1v) is 8.18. The molecule has 7 nitrogen and oxygen atoms in total. The average Bonchev–Trinajstić information content (AvgIpc) is 2.59. The molecule has 0 radical (unpaired) electrons. The van der Waals surface area contributed by atoms with Crippen LogP contribution < -0.4 is 10.6 Å². The Morgan fingerprint density at radius 3 is 2.27 bits per heavy atom. The van der Waals surface area contributed by atoms with E-state index in [1.165, 1.54) is 6.33 Å². The van der Waals surface area contributed by atoms with E-state index in [2.05, 4.69) is 20.6 Å². The van der Waals surface area contributed by atoms with Crippen molar-refractivity contribution in [2.45, 2.75) is 13.8 Å². The molecular formula is C18H16ClN5O2. The molecule has 0 unspecified atom stereocenters. The van der Waals surface area contributed by atoms with Gasteiger partial charge in [0, 0.05) is 16.4 Å². The van der Waals surface area contributed by atoms with Crippen LogP contribution in [0, 0.1) is 24.0 Å². The molecule has 0 amide bonds. The first-order chi connectivity index (χ1) is 12.4. The van der Waals surface area contributed by atoms with Crippen LogP contribution in [0.25, 0.3) is 0 Å². The Morgan fingerprint density at radius 2 is 1.65 bits per heavy atom. The summed E-state index contributed by atoms with van der Waals surface area (Å²) in [4.78, 5) is 19.2. The lowest BCUT2D eigenvalue weighted by Gasteiger charge is -2.12. The number of anilines is 4. The molecule has 0 aliphatic heterocycles. The van der Waals surface area contributed by atoms with Crippen LogP contribution in [0.15, 0.2) is 48.8 Å². The molecule has 0 saturated heterocycles. The second-order valence-electron chi connectivity index (χ2n) is 5.75. The molecule has 3 aromatic rings. The highest BCUT2D eigenvalue weighted by molar-refractivity contribution is 6.30. The van der Waals surface area contributed by atoms with Crippen molar-refractivity contribution >= 4 is 40.3 Å². The zero-order valence-electron chi connectivity index (χ0n) is 14.2. The molecule has 132 valence electrons. The summed E-state index contributed by atoms with van der Waals surface area (Å²) in [5, 5.41) is 18.2. The van der Waals surface area contributed by atoms with Crippen molar-refractivity contribution in [3.8, 4) is 0 Å². The Balaban J connectivity index is 1.98. The number of nitrogens with one attached hydrogen (secondary N) is 2. The first kappa shape index (κ1) is 17.6. The summed E-state index contributed by atoms with van der Waals surface area (Å²) in [7, 11) is 0. The van der Waals surface area contributed by atoms with Gasteiger partial charge in [-0.1, -0.05) is 29.3 Å². The van der Waals surface area contributed by atoms with E-state index in [-0.39, 0.29) is 17.3 Å². The Kier molecular flexibility index (Phi) is 4.99. The van der Waals surface area contributed by atoms with Gasteiger partial charge in [0.25, 0.3) is 0 Å². The molecule has 0 aliphatic rings. The lowest BCUT2D eigenvalue weighted by molar-refractivity contribution is -0.383. The number of hydrogen-bond acceptors (Lipinski definition) is 6. The molecule has 0 saturated carbocycles. The fourth-order valence-corrected chi connectivity index (χ4v) is 2.63. The Hall–Kier alpha value is -3.19. The third kappa shape index (κ3) is 3.89. The molecule has 0 bridgehead atoms. The lowest BCUT2D eigenvalue weighted by atomic mass is 10.2. The monoisotopic (exact) mass is 369 g/mol. The average molecular weight is 370 g/mol. The topological polar surface area (TPSA) is 93.0 Å². The van der Waals surface area contributed by atoms with Gasteiger partial charge in [-0.15, -0.1) is 0 Å². The molecule has 2 aromatic carbocycles. The summed E-state index contributed by atoms with van der Waals surface area (Å²) in [6.45, 7) is 3.82. The van der Waals surface area contributed by atoms with Gasteiger partial charge in [-0.3, -0.25) is 10.1 Å². The summed E-state index contributed by atoms with van der Waals surface area (Å²) < 4.78 is 0. The number of aromatic nitrogens is 2. The summed E-state index contributed by atoms with van der Waals surface area (Å²) in [6, 6.07) is 12.7. The number of halogens is 1. The standard InChI is InChI=1S/C18H16ClN5O2/c1-11-3-6-14(7-4-11)22-17-16(24(25)26)18(21-10-20-17)23-15-8-5-13(19)9-12(15)2/h3-10H,1-2H3,(H2,20,21,22,23). The number of nitro groups is 1. The maximum absolute atomic E-state index is 11.6. The molecule has 3 rings (SSSR count). The molecule has 0 fully saturated rings. The van der Waals surface area contributed by atoms with Crippen molar-refractivity contribution in [2.75, 3.05) is 10.6 Å². The molecular weight excluding hydrogens is 354 g/mol. The zero-order chi connectivity index (χ0) is 18.7. The Labute approximate surface area is 155 Å². The second kappa shape index (κ2) is 7.37. The highest BCUT2D eigenvalue weighted by atomic mass is 35.5. The van der Waals surface area contributed by atoms with Crippen molar-refractivity contribution in [2.24, 2.45) is 0 Å². The summed E-state index contributed by atoms with van der Waals surface area (Å²) in [6.07, 6.45) is 1.27. The van der Waals surface area contributed by atoms with E-state index in [0.717, 1.165) is 11.1 Å². The third-order valence-corrected chi connectivity index (χ3v) is 4.00. The molecule has 1 heterocycles. The SMILES string of the molecule is Cc1ccc(Nc2ncnc(Nc3ccc(Cl)cc3C)c2[N+](=O)[O-])cc1. The molecule has 1 aromatic heterocycles. The lowest BCUT2D eigenvalue weighted by Crippen LogP contribution is -2.06. The van der Waals surface area contributed by atoms with Crippen molar-refractivity contribution in [3.63, 3.8) is 0 Å². The minimum Gasteiger partial charge on any atom is -0.334 e. The Bertz CT molecular complexity index is 960. The molecule has 2 N–H and O–H groups in total. The quantitative estimate of drug-likeness (QED) is 0.477. The van der Waals surface area contributed by atoms with Crippen LogP contribution >= 0.6 is 11.6 Å². The molecule has 0 atom stereocenters. The van der Waals surface area contributed by atoms with Crippen molar-refractivity contribution in [1.29, 1.82) is 0 Å². The summed E-state index contributed by atoms with van der Waals surface area (Å²) >= 11 is 5.96. The van der Waals surface area contributed by atoms with E-state index >= 15 is 0 Å². The van der Waals surface area contributed by atoms with E-state index in [4.69, 9.17) is 11.6 Å². The first-order valence-electron chi connectivity index (χ1n) is 7.80. The van der Waals surface area contributed by atoms with Gasteiger partial charge < -0.3 is 10.6 Å². The van der Waals surface area contributed by atoms with Gasteiger partial charge in [-0.25, -0.2) is 9.97 Å². The van der Waals surface area contributed by atoms with Crippen LogP contribution in [-0.4, -0.2) is 14.9 Å². The zero-order valence-corrected chi connectivity index (χ0v) is 14.9. The maximum atomic E-state index is 11.6. The van der Waals surface area contributed by atoms with Gasteiger partial charge >= 0.3 is 5.69 Å². The van der Waals surface area contributed by atoms with Crippen molar-refractivity contribution < 1.29 is 4.92 Å². The number of rotatable bonds is 5. The molecule has 0 spiro atoms. The molecule has 8 heteroatoms. The van der Waals surface area contributed by atoms with Crippen LogP contribution in [0.4, 0.5) is 28.7 Å². The fraction of sp³-hybridized carbons (Fsp3) is 0.111. The number of nitrogens with zero attached hydrogens (tertiary/aromatic N) is 3. The predicted octanol–water partition coefficient (Wildman–Crippen LogP) is 5.14. The number of benzene rings is 2. The fourth-order valence-electron chi connectivity index (χ4n) is 2.40. The minimum absolute atomic E-state index is 0.102. The Morgan fingerprint density at radius 1 is 1.00 bits per heavy atom. The predicted molar refractivity (Wildman–Crippen MR) is 103 cm³/mol. The second-order valence-corrected chi connectivity index (χ2v) is 6.19. The third-order valence-electron chi connectivity index (χ3n) is 3.76. The van der Waals surface area contributed by atoms with E-state index < -0.39 is 4.92 Å². The van der Waals surface area contributed by atoms with Crippen molar-refractivity contribution in [3.05, 3.63) is 75.1 Å². The number of aryl methyl sites for hydroxylation is 2. The van der Waals surface area contributed by atoms with Crippen LogP contribution in [0.2, 0.25) is 5.02 Å². The van der Waals surface area contributed by atoms with Gasteiger partial charge in [0.15, 0.2) is 0 Å². The van der Waals surface area contributed by atoms with Crippen LogP contribution in [0.3, 0.4) is 0 Å². The van der Waals surface area contributed by atoms with Gasteiger partial charge in [-0.2, -0.15) is 0 Å². The van der Waals surface area contributed by atoms with Gasteiger partial charge in [0.05, 0.1) is 4.92 Å². The van der Waals surface area contributed by atoms with E-state index in [9.17, 15) is 10.1 Å². The highest BCUT2D eigenvalue weighted by Crippen LogP contribution is 2.34. The van der Waals surface area contributed by atoms with Gasteiger partial charge in [0.1, 0.15) is 6.33 Å². The van der Waals surface area contributed by atoms with E-state index in [0.29, 0.717) is 16.4 Å². The molecule has 26 heavy (non-hydrogen) atoms. The van der Waals surface area contributed by atoms with Gasteiger partial charge in [0.2, 0.25) is 11.6 Å². The largest absolute Gasteiger partial charge is 0.353 e. The van der Waals surface area contributed by atoms with Crippen LogP contribution in [-0.2, 0) is 0 Å². The van der Waals surface area contributed by atoms with Crippen molar-refractivity contribution in [1.82, 2.24) is 9.97 Å². The smallest absolute Gasteiger partial charge is 0.334 e. The maximum Gasteiger partial charge on any atom is 0.353 e. The minimum atomic E-state index is -0.510. The van der Waals surface area contributed by atoms with E-state index in [1.54, 1.807) is 18.2 Å².